The van der Waals surface area contributed by atoms with E-state index in [9.17, 15) is 50.4 Å². The van der Waals surface area contributed by atoms with Gasteiger partial charge in [-0.3, -0.25) is 9.59 Å². The van der Waals surface area contributed by atoms with Crippen LogP contribution in [-0.4, -0.2) is 177 Å². The van der Waals surface area contributed by atoms with Gasteiger partial charge < -0.3 is 83.5 Å². The molecule has 20 atom stereocenters. The molecule has 2 aromatic rings. The van der Waals surface area contributed by atoms with Gasteiger partial charge in [0.2, 0.25) is 0 Å². The first-order chi connectivity index (χ1) is 31.2. The molecule has 0 aromatic heterocycles. The van der Waals surface area contributed by atoms with Gasteiger partial charge in [0.15, 0.2) is 30.4 Å². The standard InChI is InChI=1S/C47H68O19/c1-18(2)38(52)43(57)46(59-8)27-12-24-10-23-11-26(63-25-9-19(3)44(30(50)14-25)65-34-15-29(49)39(53)20(4)60-34)13-28(48)36(23)41(55)37(24)42(56)47(27)66-35-17-32(40(54)21(5)61-35)64-33-16-31(51)45(58-7)22(6)62-33/h10-11,13,18-22,25,27,29-35,38-40,44-55H,9,12,14-17H2,1-8H3/t19-,20+,21+,22+,25+,27-,29+,30+,31+,32+,33-,34-,35-,38-,39+,40-,44+,45-,46+,47+/m1/s1. The highest BCUT2D eigenvalue weighted by molar-refractivity contribution is 6.11. The molecule has 1 saturated carbocycles. The molecule has 3 heterocycles. The van der Waals surface area contributed by atoms with Gasteiger partial charge in [-0.25, -0.2) is 0 Å². The first kappa shape index (κ1) is 50.7. The molecule has 8 N–H and O–H groups in total. The van der Waals surface area contributed by atoms with Gasteiger partial charge in [0.05, 0.1) is 59.8 Å². The lowest BCUT2D eigenvalue weighted by molar-refractivity contribution is -0.312. The van der Waals surface area contributed by atoms with Crippen molar-refractivity contribution in [3.8, 4) is 17.2 Å². The minimum absolute atomic E-state index is 0.0421. The molecule has 7 rings (SSSR count). The van der Waals surface area contributed by atoms with Crippen molar-refractivity contribution in [2.45, 2.75) is 190 Å². The number of methoxy groups -OCH3 is 2. The molecule has 66 heavy (non-hydrogen) atoms. The summed E-state index contributed by atoms with van der Waals surface area (Å²) in [5, 5.41) is 87.8. The molecule has 3 aliphatic heterocycles. The van der Waals surface area contributed by atoms with Crippen molar-refractivity contribution in [1.82, 2.24) is 0 Å². The second-order valence-electron chi connectivity index (χ2n) is 19.2. The average molecular weight is 937 g/mol. The summed E-state index contributed by atoms with van der Waals surface area (Å²) < 4.78 is 53.9. The Labute approximate surface area is 383 Å². The molecule has 370 valence electrons. The lowest BCUT2D eigenvalue weighted by Gasteiger charge is -2.44. The molecule has 0 spiro atoms. The summed E-state index contributed by atoms with van der Waals surface area (Å²) >= 11 is 0. The molecule has 0 bridgehead atoms. The lowest BCUT2D eigenvalue weighted by atomic mass is 9.74. The summed E-state index contributed by atoms with van der Waals surface area (Å²) in [4.78, 5) is 28.7. The Morgan fingerprint density at radius 3 is 1.98 bits per heavy atom. The molecule has 2 aromatic carbocycles. The summed E-state index contributed by atoms with van der Waals surface area (Å²) in [5.41, 5.74) is 0.154. The smallest absolute Gasteiger partial charge is 0.196 e. The SMILES string of the molecule is CO[C@@H]1[C@H](C)O[C@H](O[C@H]2C[C@@H](O[C@@H]3C(=O)c4c(cc5cc(O[C@H]6C[C@@H](C)[C@H](O[C@@H]7C[C@H](O)[C@@H](O)[C@H](C)O7)[C@@H](O)C6)cc(O)c5c4O)C[C@@H]3[C@H](OC)C(=O)[C@H](O)C(C)C)O[C@@H](C)[C@H]2O)C[C@@H]1O. The third-order valence-corrected chi connectivity index (χ3v) is 14.0. The van der Waals surface area contributed by atoms with E-state index in [1.807, 2.05) is 6.92 Å². The molecule has 2 aliphatic carbocycles. The normalized spacial score (nSPS) is 39.7. The summed E-state index contributed by atoms with van der Waals surface area (Å²) in [7, 11) is 2.76. The fourth-order valence-electron chi connectivity index (χ4n) is 10.4. The third kappa shape index (κ3) is 10.4. The number of Topliss-reactive ketones (excluding diaryl/α,β-unsaturated/α-hetero) is 2. The number of aromatic hydroxyl groups is 2. The first-order valence-electron chi connectivity index (χ1n) is 23.0. The van der Waals surface area contributed by atoms with Crippen molar-refractivity contribution < 1.29 is 93.1 Å². The zero-order valence-electron chi connectivity index (χ0n) is 38.7. The van der Waals surface area contributed by atoms with Crippen LogP contribution in [0.25, 0.3) is 10.8 Å². The molecular weight excluding hydrogens is 868 g/mol. The molecule has 0 radical (unpaired) electrons. The number of hydrogen-bond donors (Lipinski definition) is 8. The maximum atomic E-state index is 14.8. The van der Waals surface area contributed by atoms with Crippen LogP contribution in [0.15, 0.2) is 18.2 Å². The predicted octanol–water partition coefficient (Wildman–Crippen LogP) is 1.76. The quantitative estimate of drug-likeness (QED) is 0.134. The minimum atomic E-state index is -1.50. The van der Waals surface area contributed by atoms with Crippen LogP contribution in [0.1, 0.15) is 89.6 Å². The average Bonchev–Trinajstić information content (AvgIpc) is 3.23. The molecule has 5 aliphatic rings. The van der Waals surface area contributed by atoms with Crippen LogP contribution in [0.2, 0.25) is 0 Å². The number of benzene rings is 2. The Morgan fingerprint density at radius 1 is 0.742 bits per heavy atom. The maximum absolute atomic E-state index is 14.8. The Hall–Kier alpha value is -3.12. The molecular formula is C47H68O19. The number of hydrogen-bond acceptors (Lipinski definition) is 19. The van der Waals surface area contributed by atoms with E-state index in [0.717, 1.165) is 0 Å². The molecule has 19 heteroatoms. The van der Waals surface area contributed by atoms with E-state index in [1.165, 1.54) is 20.3 Å². The van der Waals surface area contributed by atoms with Crippen LogP contribution in [0, 0.1) is 17.8 Å². The fourth-order valence-corrected chi connectivity index (χ4v) is 10.4. The van der Waals surface area contributed by atoms with Crippen molar-refractivity contribution in [2.24, 2.45) is 17.8 Å². The van der Waals surface area contributed by atoms with Crippen LogP contribution >= 0.6 is 0 Å². The first-order valence-corrected chi connectivity index (χ1v) is 23.0. The van der Waals surface area contributed by atoms with Crippen LogP contribution < -0.4 is 4.74 Å². The number of ketones is 2. The van der Waals surface area contributed by atoms with Crippen molar-refractivity contribution in [2.75, 3.05) is 14.2 Å². The number of phenolic OH excluding ortho intramolecular Hbond substituents is 2. The van der Waals surface area contributed by atoms with Gasteiger partial charge in [-0.1, -0.05) is 20.8 Å². The van der Waals surface area contributed by atoms with Gasteiger partial charge in [-0.2, -0.15) is 0 Å². The van der Waals surface area contributed by atoms with E-state index in [-0.39, 0.29) is 54.7 Å². The van der Waals surface area contributed by atoms with Gasteiger partial charge in [-0.15, -0.1) is 0 Å². The fraction of sp³-hybridized carbons (Fsp3) is 0.745. The topological polar surface area (TPSA) is 279 Å². The highest BCUT2D eigenvalue weighted by Gasteiger charge is 2.50. The number of carbonyl (C=O) groups is 2. The van der Waals surface area contributed by atoms with Gasteiger partial charge in [0.1, 0.15) is 60.0 Å². The Kier molecular flexibility index (Phi) is 16.0. The highest BCUT2D eigenvalue weighted by Crippen LogP contribution is 2.46. The maximum Gasteiger partial charge on any atom is 0.196 e. The number of aliphatic hydroxyl groups excluding tert-OH is 6. The summed E-state index contributed by atoms with van der Waals surface area (Å²) in [6.45, 7) is 10.2. The zero-order chi connectivity index (χ0) is 48.0. The zero-order valence-corrected chi connectivity index (χ0v) is 38.7. The van der Waals surface area contributed by atoms with Gasteiger partial charge in [0.25, 0.3) is 0 Å². The molecule has 0 unspecified atom stereocenters. The number of fused-ring (bicyclic) bond motifs is 2. The van der Waals surface area contributed by atoms with Crippen molar-refractivity contribution >= 4 is 22.3 Å². The van der Waals surface area contributed by atoms with Gasteiger partial charge in [0, 0.05) is 51.9 Å². The Bertz CT molecular complexity index is 1980. The van der Waals surface area contributed by atoms with E-state index in [0.29, 0.717) is 17.4 Å². The lowest BCUT2D eigenvalue weighted by Crippen LogP contribution is -2.56. The second-order valence-corrected chi connectivity index (χ2v) is 19.2. The van der Waals surface area contributed by atoms with E-state index in [2.05, 4.69) is 0 Å². The molecule has 0 amide bonds. The van der Waals surface area contributed by atoms with Crippen LogP contribution in [-0.2, 0) is 49.1 Å². The van der Waals surface area contributed by atoms with E-state index >= 15 is 0 Å². The number of aliphatic hydroxyl groups is 6. The van der Waals surface area contributed by atoms with Gasteiger partial charge in [-0.05, 0) is 68.5 Å². The molecule has 3 saturated heterocycles. The number of rotatable bonds is 14. The second kappa shape index (κ2) is 20.9. The summed E-state index contributed by atoms with van der Waals surface area (Å²) in [6, 6.07) is 4.51. The monoisotopic (exact) mass is 936 g/mol. The molecule has 4 fully saturated rings. The Morgan fingerprint density at radius 2 is 1.36 bits per heavy atom. The van der Waals surface area contributed by atoms with Gasteiger partial charge >= 0.3 is 0 Å². The van der Waals surface area contributed by atoms with Crippen LogP contribution in [0.3, 0.4) is 0 Å². The van der Waals surface area contributed by atoms with Crippen LogP contribution in [0.5, 0.6) is 17.2 Å². The van der Waals surface area contributed by atoms with Crippen molar-refractivity contribution in [3.05, 3.63) is 29.3 Å². The number of carbonyl (C=O) groups excluding carboxylic acids is 2. The predicted molar refractivity (Wildman–Crippen MR) is 231 cm³/mol. The van der Waals surface area contributed by atoms with E-state index < -0.39 is 145 Å². The number of phenols is 2. The minimum Gasteiger partial charge on any atom is -0.507 e. The molecule has 19 nitrogen and oxygen atoms in total. The van der Waals surface area contributed by atoms with Crippen LogP contribution in [0.4, 0.5) is 0 Å². The Balaban J connectivity index is 1.13. The highest BCUT2D eigenvalue weighted by atomic mass is 16.7. The van der Waals surface area contributed by atoms with E-state index in [1.54, 1.807) is 46.8 Å². The van der Waals surface area contributed by atoms with E-state index in [4.69, 9.17) is 42.6 Å². The third-order valence-electron chi connectivity index (χ3n) is 14.0. The van der Waals surface area contributed by atoms with Crippen molar-refractivity contribution in [1.29, 1.82) is 0 Å². The van der Waals surface area contributed by atoms with Crippen molar-refractivity contribution in [3.63, 3.8) is 0 Å². The largest absolute Gasteiger partial charge is 0.507 e. The summed E-state index contributed by atoms with van der Waals surface area (Å²) in [6.07, 6.45) is -16.6. The number of ether oxygens (including phenoxy) is 9. The summed E-state index contributed by atoms with van der Waals surface area (Å²) in [5.74, 6) is -3.91.